The molecule has 1 aromatic heterocycles. The lowest BCUT2D eigenvalue weighted by Gasteiger charge is -2.10. The molecule has 3 aromatic rings. The van der Waals surface area contributed by atoms with Gasteiger partial charge in [0.1, 0.15) is 22.6 Å². The van der Waals surface area contributed by atoms with Gasteiger partial charge in [-0.3, -0.25) is 0 Å². The van der Waals surface area contributed by atoms with Gasteiger partial charge in [0.2, 0.25) is 0 Å². The number of phenols is 1. The maximum absolute atomic E-state index is 12.2. The lowest BCUT2D eigenvalue weighted by molar-refractivity contribution is 0.415. The van der Waals surface area contributed by atoms with Crippen LogP contribution in [0.2, 0.25) is 0 Å². The van der Waals surface area contributed by atoms with Crippen molar-refractivity contribution in [3.05, 3.63) is 59.0 Å². The Morgan fingerprint density at radius 1 is 1.05 bits per heavy atom. The molecule has 0 amide bonds. The van der Waals surface area contributed by atoms with Gasteiger partial charge in [0.15, 0.2) is 0 Å². The highest BCUT2D eigenvalue weighted by molar-refractivity contribution is 5.90. The van der Waals surface area contributed by atoms with Crippen LogP contribution < -0.4 is 10.4 Å². The van der Waals surface area contributed by atoms with Gasteiger partial charge in [-0.25, -0.2) is 4.79 Å². The third-order valence-corrected chi connectivity index (χ3v) is 3.13. The van der Waals surface area contributed by atoms with Gasteiger partial charge < -0.3 is 14.3 Å². The highest BCUT2D eigenvalue weighted by Crippen LogP contribution is 2.34. The molecule has 0 aliphatic heterocycles. The van der Waals surface area contributed by atoms with Gasteiger partial charge in [0.05, 0.1) is 12.5 Å². The molecule has 100 valence electrons. The Balaban J connectivity index is 2.37. The summed E-state index contributed by atoms with van der Waals surface area (Å²) >= 11 is 0. The number of rotatable bonds is 2. The van der Waals surface area contributed by atoms with Crippen LogP contribution in [0.15, 0.2) is 57.7 Å². The molecule has 0 saturated carbocycles. The SMILES string of the molecule is COc1c(-c2ccc(O)cc2)c(=O)oc2ccccc12. The van der Waals surface area contributed by atoms with Gasteiger partial charge >= 0.3 is 5.63 Å². The largest absolute Gasteiger partial charge is 0.508 e. The molecule has 2 aromatic carbocycles. The Labute approximate surface area is 114 Å². The van der Waals surface area contributed by atoms with E-state index in [1.165, 1.54) is 19.2 Å². The molecule has 0 bridgehead atoms. The molecule has 0 aliphatic carbocycles. The second kappa shape index (κ2) is 4.74. The van der Waals surface area contributed by atoms with E-state index in [0.717, 1.165) is 5.39 Å². The zero-order valence-electron chi connectivity index (χ0n) is 10.8. The molecule has 4 nitrogen and oxygen atoms in total. The van der Waals surface area contributed by atoms with Gasteiger partial charge in [0.25, 0.3) is 0 Å². The van der Waals surface area contributed by atoms with Crippen LogP contribution in [-0.2, 0) is 0 Å². The summed E-state index contributed by atoms with van der Waals surface area (Å²) in [7, 11) is 1.52. The van der Waals surface area contributed by atoms with Crippen molar-refractivity contribution in [3.8, 4) is 22.6 Å². The van der Waals surface area contributed by atoms with Gasteiger partial charge in [-0.15, -0.1) is 0 Å². The molecule has 1 heterocycles. The highest BCUT2D eigenvalue weighted by atomic mass is 16.5. The molecule has 0 saturated heterocycles. The van der Waals surface area contributed by atoms with Gasteiger partial charge in [-0.1, -0.05) is 24.3 Å². The summed E-state index contributed by atoms with van der Waals surface area (Å²) in [6.07, 6.45) is 0. The monoisotopic (exact) mass is 268 g/mol. The van der Waals surface area contributed by atoms with Crippen molar-refractivity contribution in [1.29, 1.82) is 0 Å². The first-order valence-electron chi connectivity index (χ1n) is 6.10. The Hall–Kier alpha value is -2.75. The Morgan fingerprint density at radius 2 is 1.75 bits per heavy atom. The lowest BCUT2D eigenvalue weighted by Crippen LogP contribution is -2.06. The summed E-state index contributed by atoms with van der Waals surface area (Å²) in [5.41, 5.74) is 1.01. The average molecular weight is 268 g/mol. The molecule has 0 unspecified atom stereocenters. The van der Waals surface area contributed by atoms with Crippen LogP contribution in [0.5, 0.6) is 11.5 Å². The van der Waals surface area contributed by atoms with Crippen LogP contribution >= 0.6 is 0 Å². The number of para-hydroxylation sites is 1. The Kier molecular flexibility index (Phi) is 2.91. The number of methoxy groups -OCH3 is 1. The first-order chi connectivity index (χ1) is 9.70. The van der Waals surface area contributed by atoms with E-state index in [1.807, 2.05) is 12.1 Å². The Bertz CT molecular complexity index is 816. The summed E-state index contributed by atoms with van der Waals surface area (Å²) in [6, 6.07) is 13.5. The first-order valence-corrected chi connectivity index (χ1v) is 6.10. The third-order valence-electron chi connectivity index (χ3n) is 3.13. The van der Waals surface area contributed by atoms with Crippen molar-refractivity contribution in [2.24, 2.45) is 0 Å². The molecule has 0 atom stereocenters. The second-order valence-corrected chi connectivity index (χ2v) is 4.34. The number of hydrogen-bond donors (Lipinski definition) is 1. The van der Waals surface area contributed by atoms with E-state index >= 15 is 0 Å². The van der Waals surface area contributed by atoms with Gasteiger partial charge in [0, 0.05) is 0 Å². The number of fused-ring (bicyclic) bond motifs is 1. The standard InChI is InChI=1S/C16H12O4/c1-19-15-12-4-2-3-5-13(12)20-16(18)14(15)10-6-8-11(17)9-7-10/h2-9,17H,1H3. The molecule has 0 radical (unpaired) electrons. The van der Waals surface area contributed by atoms with Crippen molar-refractivity contribution in [1.82, 2.24) is 0 Å². The fourth-order valence-electron chi connectivity index (χ4n) is 2.21. The number of hydrogen-bond acceptors (Lipinski definition) is 4. The van der Waals surface area contributed by atoms with Crippen molar-refractivity contribution >= 4 is 11.0 Å². The normalized spacial score (nSPS) is 10.7. The van der Waals surface area contributed by atoms with Crippen LogP contribution in [0.4, 0.5) is 0 Å². The van der Waals surface area contributed by atoms with Crippen molar-refractivity contribution in [2.45, 2.75) is 0 Å². The van der Waals surface area contributed by atoms with E-state index in [2.05, 4.69) is 0 Å². The number of ether oxygens (including phenoxy) is 1. The summed E-state index contributed by atoms with van der Waals surface area (Å²) in [5, 5.41) is 10.1. The number of benzene rings is 2. The minimum absolute atomic E-state index is 0.137. The molecular formula is C16H12O4. The predicted molar refractivity (Wildman–Crippen MR) is 76.1 cm³/mol. The fourth-order valence-corrected chi connectivity index (χ4v) is 2.21. The summed E-state index contributed by atoms with van der Waals surface area (Å²) in [4.78, 5) is 12.2. The summed E-state index contributed by atoms with van der Waals surface area (Å²) in [6.45, 7) is 0. The smallest absolute Gasteiger partial charge is 0.347 e. The van der Waals surface area contributed by atoms with Crippen molar-refractivity contribution in [2.75, 3.05) is 7.11 Å². The zero-order valence-corrected chi connectivity index (χ0v) is 10.8. The van der Waals surface area contributed by atoms with Crippen LogP contribution in [0.1, 0.15) is 0 Å². The minimum atomic E-state index is -0.466. The first kappa shape index (κ1) is 12.3. The molecule has 0 fully saturated rings. The Morgan fingerprint density at radius 3 is 2.45 bits per heavy atom. The molecule has 0 aliphatic rings. The fraction of sp³-hybridized carbons (Fsp3) is 0.0625. The highest BCUT2D eigenvalue weighted by Gasteiger charge is 2.16. The van der Waals surface area contributed by atoms with Crippen molar-refractivity contribution < 1.29 is 14.3 Å². The molecule has 3 rings (SSSR count). The van der Waals surface area contributed by atoms with E-state index < -0.39 is 5.63 Å². The van der Waals surface area contributed by atoms with Crippen LogP contribution in [0.25, 0.3) is 22.1 Å². The molecular weight excluding hydrogens is 256 g/mol. The van der Waals surface area contributed by atoms with Crippen LogP contribution in [0.3, 0.4) is 0 Å². The average Bonchev–Trinajstić information content (AvgIpc) is 2.47. The van der Waals surface area contributed by atoms with Gasteiger partial charge in [-0.05, 0) is 29.8 Å². The predicted octanol–water partition coefficient (Wildman–Crippen LogP) is 3.17. The van der Waals surface area contributed by atoms with E-state index in [-0.39, 0.29) is 5.75 Å². The van der Waals surface area contributed by atoms with E-state index in [1.54, 1.807) is 24.3 Å². The zero-order chi connectivity index (χ0) is 14.1. The molecule has 0 spiro atoms. The van der Waals surface area contributed by atoms with Crippen molar-refractivity contribution in [3.63, 3.8) is 0 Å². The third kappa shape index (κ3) is 1.91. The molecule has 4 heteroatoms. The lowest BCUT2D eigenvalue weighted by atomic mass is 10.0. The van der Waals surface area contributed by atoms with E-state index in [4.69, 9.17) is 9.15 Å². The number of phenolic OH excluding ortho intramolecular Hbond substituents is 1. The molecule has 1 N–H and O–H groups in total. The summed E-state index contributed by atoms with van der Waals surface area (Å²) in [5.74, 6) is 0.612. The topological polar surface area (TPSA) is 59.7 Å². The quantitative estimate of drug-likeness (QED) is 0.725. The van der Waals surface area contributed by atoms with Crippen LogP contribution in [0, 0.1) is 0 Å². The maximum Gasteiger partial charge on any atom is 0.347 e. The minimum Gasteiger partial charge on any atom is -0.508 e. The number of aromatic hydroxyl groups is 1. The summed E-state index contributed by atoms with van der Waals surface area (Å²) < 4.78 is 10.7. The van der Waals surface area contributed by atoms with Crippen LogP contribution in [-0.4, -0.2) is 12.2 Å². The maximum atomic E-state index is 12.2. The van der Waals surface area contributed by atoms with Gasteiger partial charge in [-0.2, -0.15) is 0 Å². The molecule has 20 heavy (non-hydrogen) atoms. The second-order valence-electron chi connectivity index (χ2n) is 4.34. The van der Waals surface area contributed by atoms with E-state index in [0.29, 0.717) is 22.5 Å². The van der Waals surface area contributed by atoms with E-state index in [9.17, 15) is 9.90 Å².